The van der Waals surface area contributed by atoms with E-state index in [1.54, 1.807) is 23.9 Å². The molecular formula is C15H20ClN5O2. The first-order chi connectivity index (χ1) is 11.0. The third-order valence-electron chi connectivity index (χ3n) is 2.94. The second-order valence-electron chi connectivity index (χ2n) is 5.09. The number of allylic oxidation sites excluding steroid dienone is 1. The van der Waals surface area contributed by atoms with E-state index in [2.05, 4.69) is 27.4 Å². The fourth-order valence-electron chi connectivity index (χ4n) is 2.03. The zero-order valence-corrected chi connectivity index (χ0v) is 14.2. The van der Waals surface area contributed by atoms with E-state index in [9.17, 15) is 0 Å². The van der Waals surface area contributed by atoms with Gasteiger partial charge in [-0.2, -0.15) is 0 Å². The summed E-state index contributed by atoms with van der Waals surface area (Å²) in [7, 11) is 1.58. The van der Waals surface area contributed by atoms with E-state index >= 15 is 0 Å². The molecule has 1 N–H and O–H groups in total. The Morgan fingerprint density at radius 1 is 1.43 bits per heavy atom. The van der Waals surface area contributed by atoms with Gasteiger partial charge in [0, 0.05) is 23.2 Å². The zero-order chi connectivity index (χ0) is 16.8. The highest BCUT2D eigenvalue weighted by Crippen LogP contribution is 2.35. The van der Waals surface area contributed by atoms with E-state index in [4.69, 9.17) is 21.1 Å². The Hall–Kier alpha value is -2.28. The highest BCUT2D eigenvalue weighted by Gasteiger charge is 2.15. The van der Waals surface area contributed by atoms with Gasteiger partial charge in [-0.1, -0.05) is 22.8 Å². The quantitative estimate of drug-likeness (QED) is 0.746. The van der Waals surface area contributed by atoms with E-state index in [-0.39, 0.29) is 6.10 Å². The second kappa shape index (κ2) is 7.82. The maximum absolute atomic E-state index is 6.16. The lowest BCUT2D eigenvalue weighted by Crippen LogP contribution is -2.12. The molecule has 124 valence electrons. The monoisotopic (exact) mass is 337 g/mol. The first-order valence-corrected chi connectivity index (χ1v) is 7.57. The summed E-state index contributed by atoms with van der Waals surface area (Å²) in [6.07, 6.45) is 1.73. The molecule has 1 heterocycles. The smallest absolute Gasteiger partial charge is 0.243 e. The van der Waals surface area contributed by atoms with Crippen LogP contribution in [0, 0.1) is 0 Å². The lowest BCUT2D eigenvalue weighted by Gasteiger charge is -2.18. The van der Waals surface area contributed by atoms with Crippen molar-refractivity contribution in [3.05, 3.63) is 35.4 Å². The van der Waals surface area contributed by atoms with Crippen molar-refractivity contribution in [1.29, 1.82) is 0 Å². The van der Waals surface area contributed by atoms with Crippen LogP contribution in [0.5, 0.6) is 11.5 Å². The highest BCUT2D eigenvalue weighted by molar-refractivity contribution is 6.30. The minimum Gasteiger partial charge on any atom is -0.493 e. The average molecular weight is 338 g/mol. The van der Waals surface area contributed by atoms with Crippen LogP contribution < -0.4 is 14.8 Å². The summed E-state index contributed by atoms with van der Waals surface area (Å²) in [5.41, 5.74) is 0.858. The molecule has 7 nitrogen and oxygen atoms in total. The molecule has 0 saturated carbocycles. The van der Waals surface area contributed by atoms with Gasteiger partial charge in [0.1, 0.15) is 0 Å². The van der Waals surface area contributed by atoms with Crippen molar-refractivity contribution < 1.29 is 9.47 Å². The van der Waals surface area contributed by atoms with E-state index in [1.807, 2.05) is 19.9 Å². The van der Waals surface area contributed by atoms with Crippen molar-refractivity contribution in [3.8, 4) is 11.5 Å². The molecule has 0 radical (unpaired) electrons. The number of anilines is 1. The van der Waals surface area contributed by atoms with Crippen molar-refractivity contribution >= 4 is 17.5 Å². The normalized spacial score (nSPS) is 10.7. The molecule has 2 aromatic rings. The Balaban J connectivity index is 2.25. The van der Waals surface area contributed by atoms with Crippen molar-refractivity contribution in [2.24, 2.45) is 0 Å². The first-order valence-electron chi connectivity index (χ1n) is 7.19. The Morgan fingerprint density at radius 3 is 2.87 bits per heavy atom. The standard InChI is InChI=1S/C15H20ClN5O2/c1-5-6-21-15(18-19-20-21)17-9-11-7-12(16)8-13(22-4)14(11)23-10(2)3/h5,7-8,10H,1,6,9H2,2-4H3,(H,17,18,20). The van der Waals surface area contributed by atoms with Crippen LogP contribution in [0.1, 0.15) is 19.4 Å². The van der Waals surface area contributed by atoms with Gasteiger partial charge in [0.2, 0.25) is 5.95 Å². The number of halogens is 1. The fraction of sp³-hybridized carbons (Fsp3) is 0.400. The molecule has 23 heavy (non-hydrogen) atoms. The minimum absolute atomic E-state index is 0.00918. The van der Waals surface area contributed by atoms with Gasteiger partial charge in [0.15, 0.2) is 11.5 Å². The van der Waals surface area contributed by atoms with Gasteiger partial charge in [0.05, 0.1) is 19.8 Å². The highest BCUT2D eigenvalue weighted by atomic mass is 35.5. The molecule has 0 unspecified atom stereocenters. The molecule has 0 amide bonds. The molecule has 8 heteroatoms. The van der Waals surface area contributed by atoms with Gasteiger partial charge in [0.25, 0.3) is 0 Å². The number of rotatable bonds is 8. The lowest BCUT2D eigenvalue weighted by molar-refractivity contribution is 0.228. The predicted molar refractivity (Wildman–Crippen MR) is 89.1 cm³/mol. The Labute approximate surface area is 140 Å². The summed E-state index contributed by atoms with van der Waals surface area (Å²) in [4.78, 5) is 0. The summed E-state index contributed by atoms with van der Waals surface area (Å²) in [6.45, 7) is 8.54. The van der Waals surface area contributed by atoms with Crippen LogP contribution in [-0.2, 0) is 13.1 Å². The van der Waals surface area contributed by atoms with Crippen molar-refractivity contribution in [1.82, 2.24) is 20.2 Å². The lowest BCUT2D eigenvalue weighted by atomic mass is 10.1. The number of nitrogens with one attached hydrogen (secondary N) is 1. The van der Waals surface area contributed by atoms with Crippen LogP contribution in [0.25, 0.3) is 0 Å². The number of benzene rings is 1. The van der Waals surface area contributed by atoms with Gasteiger partial charge in [-0.05, 0) is 30.3 Å². The van der Waals surface area contributed by atoms with Gasteiger partial charge < -0.3 is 14.8 Å². The summed E-state index contributed by atoms with van der Waals surface area (Å²) < 4.78 is 12.9. The summed E-state index contributed by atoms with van der Waals surface area (Å²) in [6, 6.07) is 3.56. The summed E-state index contributed by atoms with van der Waals surface area (Å²) in [5.74, 6) is 1.79. The molecular weight excluding hydrogens is 318 g/mol. The third-order valence-corrected chi connectivity index (χ3v) is 3.16. The third kappa shape index (κ3) is 4.35. The summed E-state index contributed by atoms with van der Waals surface area (Å²) >= 11 is 6.16. The Morgan fingerprint density at radius 2 is 2.22 bits per heavy atom. The molecule has 0 spiro atoms. The minimum atomic E-state index is 0.00918. The molecule has 0 fully saturated rings. The maximum atomic E-state index is 6.16. The first kappa shape index (κ1) is 17.1. The molecule has 0 aliphatic carbocycles. The molecule has 1 aromatic carbocycles. The SMILES string of the molecule is C=CCn1nnnc1NCc1cc(Cl)cc(OC)c1OC(C)C. The number of hydrogen-bond acceptors (Lipinski definition) is 6. The van der Waals surface area contributed by atoms with E-state index in [0.29, 0.717) is 35.6 Å². The molecule has 0 aliphatic rings. The van der Waals surface area contributed by atoms with Crippen LogP contribution in [-0.4, -0.2) is 33.4 Å². The van der Waals surface area contributed by atoms with Gasteiger partial charge in [-0.25, -0.2) is 4.68 Å². The number of methoxy groups -OCH3 is 1. The van der Waals surface area contributed by atoms with E-state index < -0.39 is 0 Å². The average Bonchev–Trinajstić information content (AvgIpc) is 2.94. The zero-order valence-electron chi connectivity index (χ0n) is 13.4. The van der Waals surface area contributed by atoms with E-state index in [0.717, 1.165) is 5.56 Å². The molecule has 0 saturated heterocycles. The van der Waals surface area contributed by atoms with Gasteiger partial charge in [-0.15, -0.1) is 6.58 Å². The fourth-order valence-corrected chi connectivity index (χ4v) is 2.26. The van der Waals surface area contributed by atoms with Crippen molar-refractivity contribution in [3.63, 3.8) is 0 Å². The second-order valence-corrected chi connectivity index (χ2v) is 5.53. The predicted octanol–water partition coefficient (Wildman–Crippen LogP) is 2.92. The number of ether oxygens (including phenoxy) is 2. The molecule has 1 aromatic heterocycles. The van der Waals surface area contributed by atoms with Crippen LogP contribution in [0.2, 0.25) is 5.02 Å². The largest absolute Gasteiger partial charge is 0.493 e. The van der Waals surface area contributed by atoms with Crippen LogP contribution in [0.3, 0.4) is 0 Å². The van der Waals surface area contributed by atoms with Crippen LogP contribution in [0.4, 0.5) is 5.95 Å². The molecule has 0 bridgehead atoms. The molecule has 2 rings (SSSR count). The topological polar surface area (TPSA) is 74.1 Å². The van der Waals surface area contributed by atoms with E-state index in [1.165, 1.54) is 0 Å². The van der Waals surface area contributed by atoms with Gasteiger partial charge in [-0.3, -0.25) is 0 Å². The maximum Gasteiger partial charge on any atom is 0.243 e. The Bertz CT molecular complexity index is 672. The van der Waals surface area contributed by atoms with Crippen molar-refractivity contribution in [2.45, 2.75) is 33.0 Å². The Kier molecular flexibility index (Phi) is 5.81. The summed E-state index contributed by atoms with van der Waals surface area (Å²) in [5, 5.41) is 15.2. The van der Waals surface area contributed by atoms with Gasteiger partial charge >= 0.3 is 0 Å². The van der Waals surface area contributed by atoms with Crippen LogP contribution in [0.15, 0.2) is 24.8 Å². The molecule has 0 aliphatic heterocycles. The number of nitrogens with zero attached hydrogens (tertiary/aromatic N) is 4. The molecule has 0 atom stereocenters. The number of tetrazole rings is 1. The van der Waals surface area contributed by atoms with Crippen LogP contribution >= 0.6 is 11.6 Å². The number of hydrogen-bond donors (Lipinski definition) is 1. The number of aromatic nitrogens is 4. The van der Waals surface area contributed by atoms with Crippen molar-refractivity contribution in [2.75, 3.05) is 12.4 Å².